The molecule has 0 radical (unpaired) electrons. The Morgan fingerprint density at radius 1 is 1.15 bits per heavy atom. The van der Waals surface area contributed by atoms with Crippen LogP contribution in [0.25, 0.3) is 6.08 Å². The van der Waals surface area contributed by atoms with Crippen molar-refractivity contribution < 1.29 is 14.5 Å². The molecule has 1 heterocycles. The highest BCUT2D eigenvalue weighted by Gasteiger charge is 2.27. The molecule has 0 spiro atoms. The van der Waals surface area contributed by atoms with Crippen LogP contribution < -0.4 is 0 Å². The van der Waals surface area contributed by atoms with E-state index in [1.807, 2.05) is 24.3 Å². The topological polar surface area (TPSA) is 81.8 Å². The minimum absolute atomic E-state index is 0.0389. The molecule has 0 saturated heterocycles. The fourth-order valence-electron chi connectivity index (χ4n) is 2.71. The largest absolute Gasteiger partial charge is 0.402 e. The summed E-state index contributed by atoms with van der Waals surface area (Å²) in [5.41, 5.74) is 3.02. The fourth-order valence-corrected chi connectivity index (χ4v) is 2.71. The first-order chi connectivity index (χ1) is 12.4. The lowest BCUT2D eigenvalue weighted by Gasteiger charge is -2.04. The van der Waals surface area contributed by atoms with Crippen LogP contribution >= 0.6 is 0 Å². The van der Waals surface area contributed by atoms with Crippen molar-refractivity contribution in [3.8, 4) is 0 Å². The number of carbonyl (C=O) groups excluding carboxylic acids is 1. The zero-order valence-corrected chi connectivity index (χ0v) is 14.7. The highest BCUT2D eigenvalue weighted by atomic mass is 16.6. The average molecular weight is 350 g/mol. The van der Waals surface area contributed by atoms with Crippen LogP contribution in [-0.2, 0) is 9.53 Å². The molecule has 0 atom stereocenters. The summed E-state index contributed by atoms with van der Waals surface area (Å²) in [5, 5.41) is 11.1. The maximum absolute atomic E-state index is 12.1. The molecule has 1 aliphatic heterocycles. The second-order valence-corrected chi connectivity index (χ2v) is 6.36. The minimum atomic E-state index is -0.571. The Morgan fingerprint density at radius 3 is 2.46 bits per heavy atom. The molecule has 6 heteroatoms. The van der Waals surface area contributed by atoms with Gasteiger partial charge in [-0.05, 0) is 36.1 Å². The molecule has 1 aliphatic rings. The van der Waals surface area contributed by atoms with Gasteiger partial charge in [0.2, 0.25) is 5.90 Å². The lowest BCUT2D eigenvalue weighted by molar-refractivity contribution is -0.385. The Morgan fingerprint density at radius 2 is 1.85 bits per heavy atom. The zero-order valence-electron chi connectivity index (χ0n) is 14.7. The molecule has 2 aromatic rings. The van der Waals surface area contributed by atoms with Gasteiger partial charge in [-0.25, -0.2) is 9.79 Å². The van der Waals surface area contributed by atoms with E-state index in [-0.39, 0.29) is 17.3 Å². The highest BCUT2D eigenvalue weighted by Crippen LogP contribution is 2.26. The summed E-state index contributed by atoms with van der Waals surface area (Å²) in [7, 11) is 0. The van der Waals surface area contributed by atoms with E-state index in [9.17, 15) is 14.9 Å². The molecule has 6 nitrogen and oxygen atoms in total. The van der Waals surface area contributed by atoms with Gasteiger partial charge in [0.15, 0.2) is 5.70 Å². The SMILES string of the molecule is Cc1c(C2=N/C(=C\c3ccc(C(C)C)cc3)C(=O)O2)cccc1[N+](=O)[O-]. The number of nitro groups is 1. The van der Waals surface area contributed by atoms with E-state index in [1.54, 1.807) is 25.1 Å². The van der Waals surface area contributed by atoms with Gasteiger partial charge in [-0.1, -0.05) is 44.2 Å². The molecule has 132 valence electrons. The average Bonchev–Trinajstić information content (AvgIpc) is 2.95. The van der Waals surface area contributed by atoms with Gasteiger partial charge in [0.25, 0.3) is 5.69 Å². The number of esters is 1. The molecule has 0 fully saturated rings. The standard InChI is InChI=1S/C20H18N2O4/c1-12(2)15-9-7-14(8-10-15)11-17-20(23)26-19(21-17)16-5-4-6-18(13(16)3)22(24)25/h4-12H,1-3H3/b17-11-. The summed E-state index contributed by atoms with van der Waals surface area (Å²) < 4.78 is 5.23. The number of rotatable bonds is 4. The van der Waals surface area contributed by atoms with Crippen LogP contribution in [0.1, 0.15) is 42.0 Å². The summed E-state index contributed by atoms with van der Waals surface area (Å²) >= 11 is 0. The van der Waals surface area contributed by atoms with Crippen molar-refractivity contribution in [2.75, 3.05) is 0 Å². The predicted octanol–water partition coefficient (Wildman–Crippen LogP) is 4.37. The lowest BCUT2D eigenvalue weighted by atomic mass is 10.0. The van der Waals surface area contributed by atoms with Crippen LogP contribution in [0.3, 0.4) is 0 Å². The third-order valence-corrected chi connectivity index (χ3v) is 4.26. The van der Waals surface area contributed by atoms with Crippen molar-refractivity contribution >= 4 is 23.6 Å². The smallest absolute Gasteiger partial charge is 0.363 e. The van der Waals surface area contributed by atoms with Crippen molar-refractivity contribution in [3.05, 3.63) is 80.5 Å². The van der Waals surface area contributed by atoms with E-state index in [4.69, 9.17) is 4.74 Å². The van der Waals surface area contributed by atoms with Gasteiger partial charge in [0.1, 0.15) is 0 Å². The molecular formula is C20H18N2O4. The van der Waals surface area contributed by atoms with E-state index in [0.717, 1.165) is 5.56 Å². The van der Waals surface area contributed by atoms with Crippen molar-refractivity contribution in [3.63, 3.8) is 0 Å². The lowest BCUT2D eigenvalue weighted by Crippen LogP contribution is -2.08. The van der Waals surface area contributed by atoms with Gasteiger partial charge in [0.05, 0.1) is 4.92 Å². The number of nitrogens with zero attached hydrogens (tertiary/aromatic N) is 2. The third kappa shape index (κ3) is 3.39. The zero-order chi connectivity index (χ0) is 18.8. The van der Waals surface area contributed by atoms with E-state index in [0.29, 0.717) is 17.0 Å². The monoisotopic (exact) mass is 350 g/mol. The van der Waals surface area contributed by atoms with Crippen LogP contribution in [0.2, 0.25) is 0 Å². The highest BCUT2D eigenvalue weighted by molar-refractivity contribution is 6.13. The van der Waals surface area contributed by atoms with E-state index in [2.05, 4.69) is 18.8 Å². The molecule has 0 saturated carbocycles. The molecule has 2 aromatic carbocycles. The number of aliphatic imine (C=N–C) groups is 1. The number of hydrogen-bond acceptors (Lipinski definition) is 5. The van der Waals surface area contributed by atoms with E-state index < -0.39 is 10.9 Å². The predicted molar refractivity (Wildman–Crippen MR) is 99.0 cm³/mol. The Hall–Kier alpha value is -3.28. The third-order valence-electron chi connectivity index (χ3n) is 4.26. The number of cyclic esters (lactones) is 1. The Labute approximate surface area is 151 Å². The number of ether oxygens (including phenoxy) is 1. The molecule has 0 aromatic heterocycles. The van der Waals surface area contributed by atoms with Crippen molar-refractivity contribution in [2.24, 2.45) is 4.99 Å². The second kappa shape index (κ2) is 6.92. The molecule has 0 bridgehead atoms. The minimum Gasteiger partial charge on any atom is -0.402 e. The fraction of sp³-hybridized carbons (Fsp3) is 0.200. The van der Waals surface area contributed by atoms with Crippen LogP contribution in [0.15, 0.2) is 53.2 Å². The number of nitro benzene ring substituents is 1. The molecule has 0 unspecified atom stereocenters. The van der Waals surface area contributed by atoms with Crippen LogP contribution in [-0.4, -0.2) is 16.8 Å². The quantitative estimate of drug-likeness (QED) is 0.355. The van der Waals surface area contributed by atoms with Crippen molar-refractivity contribution in [1.82, 2.24) is 0 Å². The summed E-state index contributed by atoms with van der Waals surface area (Å²) in [6.07, 6.45) is 1.64. The first kappa shape index (κ1) is 17.5. The number of benzene rings is 2. The van der Waals surface area contributed by atoms with Gasteiger partial charge in [-0.3, -0.25) is 10.1 Å². The van der Waals surface area contributed by atoms with Crippen LogP contribution in [0.5, 0.6) is 0 Å². The molecule has 26 heavy (non-hydrogen) atoms. The first-order valence-corrected chi connectivity index (χ1v) is 8.23. The Balaban J connectivity index is 1.94. The van der Waals surface area contributed by atoms with Gasteiger partial charge in [0, 0.05) is 17.2 Å². The van der Waals surface area contributed by atoms with Crippen molar-refractivity contribution in [1.29, 1.82) is 0 Å². The summed E-state index contributed by atoms with van der Waals surface area (Å²) in [4.78, 5) is 27.0. The van der Waals surface area contributed by atoms with E-state index in [1.165, 1.54) is 11.6 Å². The Kier molecular flexibility index (Phi) is 4.67. The maximum Gasteiger partial charge on any atom is 0.363 e. The normalized spacial score (nSPS) is 15.3. The summed E-state index contributed by atoms with van der Waals surface area (Å²) in [5.74, 6) is -0.0605. The molecule has 0 N–H and O–H groups in total. The number of carbonyl (C=O) groups is 1. The van der Waals surface area contributed by atoms with Crippen LogP contribution in [0, 0.1) is 17.0 Å². The molecular weight excluding hydrogens is 332 g/mol. The molecule has 3 rings (SSSR count). The number of hydrogen-bond donors (Lipinski definition) is 0. The first-order valence-electron chi connectivity index (χ1n) is 8.23. The van der Waals surface area contributed by atoms with Crippen LogP contribution in [0.4, 0.5) is 5.69 Å². The summed E-state index contributed by atoms with van der Waals surface area (Å²) in [6, 6.07) is 12.4. The van der Waals surface area contributed by atoms with Gasteiger partial charge in [-0.15, -0.1) is 0 Å². The van der Waals surface area contributed by atoms with Gasteiger partial charge in [-0.2, -0.15) is 0 Å². The van der Waals surface area contributed by atoms with Gasteiger partial charge < -0.3 is 4.74 Å². The maximum atomic E-state index is 12.1. The van der Waals surface area contributed by atoms with Gasteiger partial charge >= 0.3 is 5.97 Å². The van der Waals surface area contributed by atoms with E-state index >= 15 is 0 Å². The molecule has 0 amide bonds. The second-order valence-electron chi connectivity index (χ2n) is 6.36. The summed E-state index contributed by atoms with van der Waals surface area (Å²) in [6.45, 7) is 5.83. The Bertz CT molecular complexity index is 941. The van der Waals surface area contributed by atoms with Crippen molar-refractivity contribution in [2.45, 2.75) is 26.7 Å². The molecule has 0 aliphatic carbocycles.